The van der Waals surface area contributed by atoms with Gasteiger partial charge in [0, 0.05) is 13.0 Å². The number of likely N-dealkylation sites (N-methyl/N-ethyl adjacent to an activating group) is 1. The second-order valence-corrected chi connectivity index (χ2v) is 17.8. The minimum Gasteiger partial charge on any atom is -0.756 e. The Labute approximate surface area is 334 Å². The quantitative estimate of drug-likeness (QED) is 0.0200. The number of phosphoric acid groups is 1. The molecule has 0 saturated heterocycles. The van der Waals surface area contributed by atoms with E-state index in [4.69, 9.17) is 18.5 Å². The van der Waals surface area contributed by atoms with Crippen LogP contribution < -0.4 is 4.89 Å². The summed E-state index contributed by atoms with van der Waals surface area (Å²) < 4.78 is 34.5. The third-order valence-corrected chi connectivity index (χ3v) is 10.7. The predicted octanol–water partition coefficient (Wildman–Crippen LogP) is 12.6. The summed E-state index contributed by atoms with van der Waals surface area (Å²) >= 11 is 0. The van der Waals surface area contributed by atoms with Gasteiger partial charge in [-0.2, -0.15) is 0 Å². The standard InChI is InChI=1S/C45H88NO7P/c1-6-8-10-12-14-16-17-18-19-20-21-22-23-24-25-26-27-28-29-30-31-33-35-37-40-50-42-44(43-52-54(48,49)51-41-39-46(3,4)5)53-45(47)38-36-34-32-15-13-11-9-7-2/h17-18,20-21,44H,6-16,19,22-43H2,1-5H3/b18-17-,21-20-. The molecule has 8 nitrogen and oxygen atoms in total. The molecule has 9 heteroatoms. The van der Waals surface area contributed by atoms with E-state index in [9.17, 15) is 14.3 Å². The van der Waals surface area contributed by atoms with Gasteiger partial charge in [-0.05, 0) is 44.9 Å². The molecule has 0 saturated carbocycles. The van der Waals surface area contributed by atoms with E-state index in [1.807, 2.05) is 21.1 Å². The highest BCUT2D eigenvalue weighted by molar-refractivity contribution is 7.45. The molecule has 0 aromatic rings. The second-order valence-electron chi connectivity index (χ2n) is 16.4. The van der Waals surface area contributed by atoms with Crippen molar-refractivity contribution < 1.29 is 37.3 Å². The van der Waals surface area contributed by atoms with Gasteiger partial charge in [0.05, 0.1) is 34.4 Å². The van der Waals surface area contributed by atoms with Crippen molar-refractivity contribution in [3.63, 3.8) is 0 Å². The lowest BCUT2D eigenvalue weighted by Gasteiger charge is -2.28. The highest BCUT2D eigenvalue weighted by atomic mass is 31.2. The van der Waals surface area contributed by atoms with Crippen LogP contribution in [-0.2, 0) is 27.9 Å². The lowest BCUT2D eigenvalue weighted by atomic mass is 10.0. The SMILES string of the molecule is CCCCCCC/C=C\C/C=C\CCCCCCCCCCCCCCOCC(COP(=O)([O-])OCC[N+](C)(C)C)OC(=O)CCCCCCCCCC. The molecule has 0 fully saturated rings. The van der Waals surface area contributed by atoms with Gasteiger partial charge in [0.2, 0.25) is 0 Å². The van der Waals surface area contributed by atoms with Gasteiger partial charge >= 0.3 is 5.97 Å². The summed E-state index contributed by atoms with van der Waals surface area (Å²) in [5.41, 5.74) is 0. The van der Waals surface area contributed by atoms with Crippen LogP contribution in [0.4, 0.5) is 0 Å². The molecule has 0 bridgehead atoms. The Morgan fingerprint density at radius 1 is 0.574 bits per heavy atom. The fraction of sp³-hybridized carbons (Fsp3) is 0.889. The normalized spacial score (nSPS) is 14.0. The summed E-state index contributed by atoms with van der Waals surface area (Å²) in [6.45, 7) is 5.39. The van der Waals surface area contributed by atoms with Gasteiger partial charge < -0.3 is 27.9 Å². The molecule has 0 aromatic heterocycles. The van der Waals surface area contributed by atoms with Crippen molar-refractivity contribution in [1.29, 1.82) is 0 Å². The molecule has 54 heavy (non-hydrogen) atoms. The molecule has 0 N–H and O–H groups in total. The van der Waals surface area contributed by atoms with E-state index in [0.29, 0.717) is 24.1 Å². The average molecular weight is 786 g/mol. The Bertz CT molecular complexity index is 920. The molecule has 0 aliphatic heterocycles. The average Bonchev–Trinajstić information content (AvgIpc) is 3.12. The van der Waals surface area contributed by atoms with Crippen LogP contribution in [-0.4, -0.2) is 70.7 Å². The zero-order valence-electron chi connectivity index (χ0n) is 36.2. The van der Waals surface area contributed by atoms with Crippen LogP contribution in [0.25, 0.3) is 0 Å². The van der Waals surface area contributed by atoms with E-state index in [2.05, 4.69) is 38.2 Å². The molecule has 2 unspecified atom stereocenters. The number of esters is 1. The van der Waals surface area contributed by atoms with Crippen molar-refractivity contribution in [2.24, 2.45) is 0 Å². The number of carbonyl (C=O) groups excluding carboxylic acids is 1. The Balaban J connectivity index is 4.01. The van der Waals surface area contributed by atoms with Crippen LogP contribution in [0.2, 0.25) is 0 Å². The first kappa shape index (κ1) is 53.0. The molecule has 0 heterocycles. The first-order valence-corrected chi connectivity index (χ1v) is 24.0. The number of hydrogen-bond acceptors (Lipinski definition) is 7. The Hall–Kier alpha value is -1.02. The van der Waals surface area contributed by atoms with E-state index in [1.54, 1.807) is 0 Å². The molecule has 0 aliphatic carbocycles. The van der Waals surface area contributed by atoms with Crippen LogP contribution >= 0.6 is 7.82 Å². The van der Waals surface area contributed by atoms with Crippen LogP contribution in [0.3, 0.4) is 0 Å². The maximum absolute atomic E-state index is 12.6. The second kappa shape index (κ2) is 38.8. The van der Waals surface area contributed by atoms with Gasteiger partial charge in [0.15, 0.2) is 0 Å². The smallest absolute Gasteiger partial charge is 0.306 e. The van der Waals surface area contributed by atoms with Crippen molar-refractivity contribution >= 4 is 13.8 Å². The summed E-state index contributed by atoms with van der Waals surface area (Å²) in [6, 6.07) is 0. The summed E-state index contributed by atoms with van der Waals surface area (Å²) in [7, 11) is 1.36. The number of allylic oxidation sites excluding steroid dienone is 4. The lowest BCUT2D eigenvalue weighted by molar-refractivity contribution is -0.870. The van der Waals surface area contributed by atoms with E-state index >= 15 is 0 Å². The fourth-order valence-corrected chi connectivity index (χ4v) is 6.95. The van der Waals surface area contributed by atoms with Gasteiger partial charge in [-0.1, -0.05) is 173 Å². The number of phosphoric ester groups is 1. The Kier molecular flexibility index (Phi) is 38.1. The van der Waals surface area contributed by atoms with Crippen LogP contribution in [0.1, 0.15) is 200 Å². The van der Waals surface area contributed by atoms with Gasteiger partial charge in [0.1, 0.15) is 19.3 Å². The number of nitrogens with zero attached hydrogens (tertiary/aromatic N) is 1. The number of rotatable bonds is 42. The lowest BCUT2D eigenvalue weighted by Crippen LogP contribution is -2.37. The molecule has 0 radical (unpaired) electrons. The minimum absolute atomic E-state index is 0.0278. The van der Waals surface area contributed by atoms with Gasteiger partial charge in [0.25, 0.3) is 7.82 Å². The summed E-state index contributed by atoms with van der Waals surface area (Å²) in [5, 5.41) is 0. The van der Waals surface area contributed by atoms with Crippen LogP contribution in [0.5, 0.6) is 0 Å². The molecule has 2 atom stereocenters. The largest absolute Gasteiger partial charge is 0.756 e. The topological polar surface area (TPSA) is 94.1 Å². The number of quaternary nitrogens is 1. The number of unbranched alkanes of at least 4 members (excludes halogenated alkanes) is 24. The van der Waals surface area contributed by atoms with Gasteiger partial charge in [-0.15, -0.1) is 0 Å². The molecule has 0 amide bonds. The maximum Gasteiger partial charge on any atom is 0.306 e. The van der Waals surface area contributed by atoms with Crippen molar-refractivity contribution in [3.8, 4) is 0 Å². The Morgan fingerprint density at radius 2 is 1.02 bits per heavy atom. The molecule has 0 spiro atoms. The highest BCUT2D eigenvalue weighted by Crippen LogP contribution is 2.38. The van der Waals surface area contributed by atoms with E-state index in [1.165, 1.54) is 141 Å². The third kappa shape index (κ3) is 42.1. The zero-order valence-corrected chi connectivity index (χ0v) is 37.1. The summed E-state index contributed by atoms with van der Waals surface area (Å²) in [4.78, 5) is 24.9. The summed E-state index contributed by atoms with van der Waals surface area (Å²) in [6.07, 6.45) is 43.5. The van der Waals surface area contributed by atoms with Crippen LogP contribution in [0, 0.1) is 0 Å². The van der Waals surface area contributed by atoms with Crippen molar-refractivity contribution in [2.45, 2.75) is 206 Å². The Morgan fingerprint density at radius 3 is 1.50 bits per heavy atom. The van der Waals surface area contributed by atoms with Crippen molar-refractivity contribution in [3.05, 3.63) is 24.3 Å². The molecular weight excluding hydrogens is 697 g/mol. The fourth-order valence-electron chi connectivity index (χ4n) is 6.22. The molecule has 0 rings (SSSR count). The van der Waals surface area contributed by atoms with Gasteiger partial charge in [-0.25, -0.2) is 0 Å². The van der Waals surface area contributed by atoms with Crippen molar-refractivity contribution in [1.82, 2.24) is 0 Å². The van der Waals surface area contributed by atoms with Crippen molar-refractivity contribution in [2.75, 3.05) is 54.1 Å². The van der Waals surface area contributed by atoms with Gasteiger partial charge in [-0.3, -0.25) is 9.36 Å². The summed E-state index contributed by atoms with van der Waals surface area (Å²) in [5.74, 6) is -0.338. The predicted molar refractivity (Wildman–Crippen MR) is 227 cm³/mol. The molecule has 0 aromatic carbocycles. The molecule has 0 aliphatic rings. The van der Waals surface area contributed by atoms with E-state index in [0.717, 1.165) is 38.5 Å². The first-order chi connectivity index (χ1) is 26.1. The first-order valence-electron chi connectivity index (χ1n) is 22.6. The highest BCUT2D eigenvalue weighted by Gasteiger charge is 2.20. The zero-order chi connectivity index (χ0) is 39.9. The van der Waals surface area contributed by atoms with Crippen LogP contribution in [0.15, 0.2) is 24.3 Å². The third-order valence-electron chi connectivity index (χ3n) is 9.76. The molecule has 320 valence electrons. The minimum atomic E-state index is -4.51. The van der Waals surface area contributed by atoms with E-state index < -0.39 is 13.9 Å². The molecular formula is C45H88NO7P. The number of carbonyl (C=O) groups is 1. The number of hydrogen-bond donors (Lipinski definition) is 0. The number of ether oxygens (including phenoxy) is 2. The van der Waals surface area contributed by atoms with E-state index in [-0.39, 0.29) is 25.8 Å². The maximum atomic E-state index is 12.6. The monoisotopic (exact) mass is 786 g/mol.